The summed E-state index contributed by atoms with van der Waals surface area (Å²) in [7, 11) is 1.92. The van der Waals surface area contributed by atoms with Gasteiger partial charge in [-0.3, -0.25) is 9.48 Å². The molecule has 1 fully saturated rings. The number of hydrogen-bond acceptors (Lipinski definition) is 3. The molecule has 2 N–H and O–H groups in total. The van der Waals surface area contributed by atoms with Crippen LogP contribution in [-0.2, 0) is 18.4 Å². The zero-order chi connectivity index (χ0) is 17.2. The molecule has 1 aromatic heterocycles. The van der Waals surface area contributed by atoms with Crippen LogP contribution in [0.1, 0.15) is 44.7 Å². The molecule has 1 aromatic rings. The van der Waals surface area contributed by atoms with Crippen molar-refractivity contribution in [3.05, 3.63) is 18.0 Å². The summed E-state index contributed by atoms with van der Waals surface area (Å²) in [6.07, 6.45) is 6.77. The van der Waals surface area contributed by atoms with Crippen LogP contribution in [0.4, 0.5) is 0 Å². The van der Waals surface area contributed by atoms with Crippen LogP contribution in [-0.4, -0.2) is 52.7 Å². The molecular weight excluding hydrogens is 431 g/mol. The fourth-order valence-corrected chi connectivity index (χ4v) is 2.81. The summed E-state index contributed by atoms with van der Waals surface area (Å²) in [6, 6.07) is 1.97. The molecule has 8 heteroatoms. The number of aromatic nitrogens is 2. The number of halogens is 1. The molecule has 1 aliphatic rings. The van der Waals surface area contributed by atoms with E-state index in [9.17, 15) is 4.79 Å². The highest BCUT2D eigenvalue weighted by Crippen LogP contribution is 2.11. The van der Waals surface area contributed by atoms with E-state index in [1.54, 1.807) is 6.20 Å². The summed E-state index contributed by atoms with van der Waals surface area (Å²) in [5.41, 5.74) is 1.07. The lowest BCUT2D eigenvalue weighted by molar-refractivity contribution is -0.130. The number of hydrogen-bond donors (Lipinski definition) is 2. The zero-order valence-electron chi connectivity index (χ0n) is 15.3. The van der Waals surface area contributed by atoms with Gasteiger partial charge in [0.2, 0.25) is 5.91 Å². The summed E-state index contributed by atoms with van der Waals surface area (Å²) >= 11 is 0. The van der Waals surface area contributed by atoms with Crippen LogP contribution in [0.3, 0.4) is 0 Å². The second-order valence-corrected chi connectivity index (χ2v) is 6.11. The third kappa shape index (κ3) is 7.62. The number of aryl methyl sites for hydroxylation is 1. The second-order valence-electron chi connectivity index (χ2n) is 6.11. The minimum absolute atomic E-state index is 0. The Kier molecular flexibility index (Phi) is 10.5. The first-order chi connectivity index (χ1) is 11.7. The van der Waals surface area contributed by atoms with Crippen molar-refractivity contribution in [2.24, 2.45) is 12.0 Å². The maximum absolute atomic E-state index is 12.0. The van der Waals surface area contributed by atoms with Crippen LogP contribution in [0.25, 0.3) is 0 Å². The third-order valence-corrected chi connectivity index (χ3v) is 4.23. The molecule has 0 atom stereocenters. The van der Waals surface area contributed by atoms with Gasteiger partial charge in [-0.1, -0.05) is 6.42 Å². The summed E-state index contributed by atoms with van der Waals surface area (Å²) < 4.78 is 1.83. The lowest BCUT2D eigenvalue weighted by Crippen LogP contribution is -2.39. The van der Waals surface area contributed by atoms with E-state index < -0.39 is 0 Å². The monoisotopic (exact) mass is 462 g/mol. The number of carbonyl (C=O) groups excluding carboxylic acids is 1. The molecule has 0 unspecified atom stereocenters. The number of amides is 1. The van der Waals surface area contributed by atoms with E-state index in [1.165, 1.54) is 6.42 Å². The predicted molar refractivity (Wildman–Crippen MR) is 111 cm³/mol. The summed E-state index contributed by atoms with van der Waals surface area (Å²) in [5, 5.41) is 10.7. The minimum atomic E-state index is 0. The fraction of sp³-hybridized carbons (Fsp3) is 0.706. The highest BCUT2D eigenvalue weighted by molar-refractivity contribution is 14.0. The van der Waals surface area contributed by atoms with Crippen molar-refractivity contribution in [2.75, 3.05) is 26.2 Å². The average molecular weight is 462 g/mol. The van der Waals surface area contributed by atoms with Gasteiger partial charge in [-0.25, -0.2) is 4.99 Å². The Labute approximate surface area is 167 Å². The van der Waals surface area contributed by atoms with Crippen LogP contribution in [0, 0.1) is 0 Å². The molecule has 2 heterocycles. The Morgan fingerprint density at radius 1 is 1.32 bits per heavy atom. The van der Waals surface area contributed by atoms with Gasteiger partial charge < -0.3 is 15.5 Å². The van der Waals surface area contributed by atoms with Gasteiger partial charge in [-0.2, -0.15) is 5.10 Å². The number of likely N-dealkylation sites (tertiary alicyclic amines) is 1. The highest BCUT2D eigenvalue weighted by Gasteiger charge is 2.15. The Morgan fingerprint density at radius 3 is 2.88 bits per heavy atom. The molecule has 1 aliphatic heterocycles. The van der Waals surface area contributed by atoms with Crippen molar-refractivity contribution < 1.29 is 4.79 Å². The van der Waals surface area contributed by atoms with E-state index in [1.807, 2.05) is 22.7 Å². The Morgan fingerprint density at radius 2 is 2.16 bits per heavy atom. The van der Waals surface area contributed by atoms with Gasteiger partial charge in [0.1, 0.15) is 0 Å². The van der Waals surface area contributed by atoms with Crippen molar-refractivity contribution in [1.82, 2.24) is 25.3 Å². The number of guanidine groups is 1. The first-order valence-corrected chi connectivity index (χ1v) is 8.97. The average Bonchev–Trinajstić information content (AvgIpc) is 2.87. The number of rotatable bonds is 7. The van der Waals surface area contributed by atoms with Gasteiger partial charge >= 0.3 is 0 Å². The molecule has 25 heavy (non-hydrogen) atoms. The van der Waals surface area contributed by atoms with Crippen LogP contribution in [0.5, 0.6) is 0 Å². The lowest BCUT2D eigenvalue weighted by Gasteiger charge is -2.20. The summed E-state index contributed by atoms with van der Waals surface area (Å²) in [4.78, 5) is 18.6. The van der Waals surface area contributed by atoms with Gasteiger partial charge in [0.25, 0.3) is 0 Å². The Balaban J connectivity index is 0.00000312. The molecule has 0 aromatic carbocycles. The molecule has 7 nitrogen and oxygen atoms in total. The summed E-state index contributed by atoms with van der Waals surface area (Å²) in [6.45, 7) is 6.01. The standard InChI is InChI=1S/C17H30N6O.HI/c1-3-18-17(20-14-15-9-11-21-22(15)2)19-10-7-13-23-12-6-4-5-8-16(23)24;/h9,11H,3-8,10,12-14H2,1-2H3,(H2,18,19,20);1H. The second kappa shape index (κ2) is 12.1. The molecule has 0 spiro atoms. The maximum atomic E-state index is 12.0. The summed E-state index contributed by atoms with van der Waals surface area (Å²) in [5.74, 6) is 1.12. The van der Waals surface area contributed by atoms with Crippen molar-refractivity contribution in [2.45, 2.75) is 45.6 Å². The van der Waals surface area contributed by atoms with Gasteiger partial charge in [-0.15, -0.1) is 24.0 Å². The smallest absolute Gasteiger partial charge is 0.222 e. The normalized spacial score (nSPS) is 15.5. The van der Waals surface area contributed by atoms with Gasteiger partial charge in [-0.05, 0) is 32.3 Å². The van der Waals surface area contributed by atoms with E-state index in [-0.39, 0.29) is 24.0 Å². The van der Waals surface area contributed by atoms with Gasteiger partial charge in [0.05, 0.1) is 12.2 Å². The Hall–Kier alpha value is -1.32. The van der Waals surface area contributed by atoms with Crippen molar-refractivity contribution >= 4 is 35.8 Å². The van der Waals surface area contributed by atoms with E-state index in [0.717, 1.165) is 57.1 Å². The maximum Gasteiger partial charge on any atom is 0.222 e. The topological polar surface area (TPSA) is 74.6 Å². The minimum Gasteiger partial charge on any atom is -0.357 e. The third-order valence-electron chi connectivity index (χ3n) is 4.23. The number of carbonyl (C=O) groups is 1. The van der Waals surface area contributed by atoms with Crippen molar-refractivity contribution in [3.8, 4) is 0 Å². The van der Waals surface area contributed by atoms with Crippen molar-refractivity contribution in [1.29, 1.82) is 0 Å². The van der Waals surface area contributed by atoms with E-state index in [4.69, 9.17) is 0 Å². The molecule has 0 radical (unpaired) electrons. The van der Waals surface area contributed by atoms with E-state index in [0.29, 0.717) is 18.9 Å². The van der Waals surface area contributed by atoms with Crippen LogP contribution >= 0.6 is 24.0 Å². The van der Waals surface area contributed by atoms with Crippen LogP contribution in [0.15, 0.2) is 17.3 Å². The zero-order valence-corrected chi connectivity index (χ0v) is 17.7. The quantitative estimate of drug-likeness (QED) is 0.281. The van der Waals surface area contributed by atoms with Gasteiger partial charge in [0, 0.05) is 45.8 Å². The molecule has 1 amide bonds. The van der Waals surface area contributed by atoms with Crippen LogP contribution in [0.2, 0.25) is 0 Å². The van der Waals surface area contributed by atoms with E-state index >= 15 is 0 Å². The SMILES string of the molecule is CCNC(=NCc1ccnn1C)NCCCN1CCCCCC1=O.I. The van der Waals surface area contributed by atoms with Crippen molar-refractivity contribution in [3.63, 3.8) is 0 Å². The first-order valence-electron chi connectivity index (χ1n) is 8.97. The number of aliphatic imine (C=N–C) groups is 1. The molecule has 0 saturated carbocycles. The first kappa shape index (κ1) is 21.7. The lowest BCUT2D eigenvalue weighted by atomic mass is 10.2. The highest BCUT2D eigenvalue weighted by atomic mass is 127. The number of nitrogens with one attached hydrogen (secondary N) is 2. The largest absolute Gasteiger partial charge is 0.357 e. The fourth-order valence-electron chi connectivity index (χ4n) is 2.81. The van der Waals surface area contributed by atoms with Gasteiger partial charge in [0.15, 0.2) is 5.96 Å². The predicted octanol–water partition coefficient (Wildman–Crippen LogP) is 1.89. The molecule has 2 rings (SSSR count). The number of nitrogens with zero attached hydrogens (tertiary/aromatic N) is 4. The van der Waals surface area contributed by atoms with E-state index in [2.05, 4.69) is 27.6 Å². The molecule has 0 aliphatic carbocycles. The molecule has 142 valence electrons. The molecular formula is C17H31IN6O. The van der Waals surface area contributed by atoms with Crippen LogP contribution < -0.4 is 10.6 Å². The molecule has 1 saturated heterocycles. The molecule has 0 bridgehead atoms. The Bertz CT molecular complexity index is 545.